The second-order valence-electron chi connectivity index (χ2n) is 6.44. The maximum Gasteiger partial charge on any atom is 0.208 e. The number of anilines is 1. The number of aromatic amines is 1. The Morgan fingerprint density at radius 3 is 2.87 bits per heavy atom. The highest BCUT2D eigenvalue weighted by Crippen LogP contribution is 2.33. The molecule has 6 rings (SSSR count). The highest BCUT2D eigenvalue weighted by Gasteiger charge is 2.30. The highest BCUT2D eigenvalue weighted by atomic mass is 32.1. The van der Waals surface area contributed by atoms with E-state index in [0.717, 1.165) is 34.3 Å². The third kappa shape index (κ3) is 2.33. The molecule has 0 aliphatic carbocycles. The molecular weight excluding hydrogens is 306 g/mol. The Bertz CT molecular complexity index is 830. The number of hydrogen-bond donors (Lipinski definition) is 1. The van der Waals surface area contributed by atoms with Crippen molar-refractivity contribution in [2.75, 3.05) is 31.1 Å². The van der Waals surface area contributed by atoms with Crippen LogP contribution in [0.2, 0.25) is 0 Å². The van der Waals surface area contributed by atoms with Gasteiger partial charge in [-0.3, -0.25) is 0 Å². The van der Waals surface area contributed by atoms with Crippen molar-refractivity contribution in [2.24, 2.45) is 0 Å². The average molecular weight is 325 g/mol. The van der Waals surface area contributed by atoms with Gasteiger partial charge in [-0.2, -0.15) is 0 Å². The number of piperidine rings is 1. The molecule has 23 heavy (non-hydrogen) atoms. The molecule has 3 saturated heterocycles. The van der Waals surface area contributed by atoms with Crippen LogP contribution < -0.4 is 4.90 Å². The lowest BCUT2D eigenvalue weighted by atomic mass is 10.1. The van der Waals surface area contributed by atoms with Crippen LogP contribution in [-0.4, -0.2) is 52.3 Å². The Hall–Kier alpha value is -1.92. The van der Waals surface area contributed by atoms with Gasteiger partial charge in [-0.25, -0.2) is 0 Å². The highest BCUT2D eigenvalue weighted by molar-refractivity contribution is 7.18. The van der Waals surface area contributed by atoms with Crippen molar-refractivity contribution in [3.05, 3.63) is 30.5 Å². The molecule has 118 valence electrons. The molecule has 6 heteroatoms. The number of aromatic nitrogens is 3. The lowest BCUT2D eigenvalue weighted by Gasteiger charge is -2.30. The molecule has 3 aromatic rings. The van der Waals surface area contributed by atoms with Crippen LogP contribution in [0.25, 0.3) is 21.5 Å². The number of H-pyrrole nitrogens is 1. The van der Waals surface area contributed by atoms with E-state index in [1.807, 2.05) is 6.20 Å². The van der Waals surface area contributed by atoms with Gasteiger partial charge in [0.1, 0.15) is 5.01 Å². The molecule has 5 heterocycles. The minimum atomic E-state index is 0.640. The fourth-order valence-electron chi connectivity index (χ4n) is 3.77. The fourth-order valence-corrected chi connectivity index (χ4v) is 4.71. The maximum absolute atomic E-state index is 4.51. The second-order valence-corrected chi connectivity index (χ2v) is 7.39. The molecule has 1 aromatic carbocycles. The molecule has 3 aliphatic rings. The van der Waals surface area contributed by atoms with Gasteiger partial charge >= 0.3 is 0 Å². The molecule has 2 bridgehead atoms. The van der Waals surface area contributed by atoms with Crippen LogP contribution in [0, 0.1) is 0 Å². The summed E-state index contributed by atoms with van der Waals surface area (Å²) in [4.78, 5) is 8.29. The van der Waals surface area contributed by atoms with Gasteiger partial charge in [0.2, 0.25) is 5.13 Å². The number of fused-ring (bicyclic) bond motifs is 5. The van der Waals surface area contributed by atoms with E-state index in [2.05, 4.69) is 49.2 Å². The average Bonchev–Trinajstić information content (AvgIpc) is 3.17. The zero-order valence-corrected chi connectivity index (χ0v) is 13.7. The first-order valence-corrected chi connectivity index (χ1v) is 9.08. The van der Waals surface area contributed by atoms with Gasteiger partial charge < -0.3 is 14.8 Å². The third-order valence-electron chi connectivity index (χ3n) is 5.12. The van der Waals surface area contributed by atoms with Crippen LogP contribution in [0.1, 0.15) is 12.8 Å². The van der Waals surface area contributed by atoms with Crippen molar-refractivity contribution in [2.45, 2.75) is 18.9 Å². The van der Waals surface area contributed by atoms with Crippen molar-refractivity contribution >= 4 is 27.4 Å². The molecular formula is C17H19N5S. The summed E-state index contributed by atoms with van der Waals surface area (Å²) in [7, 11) is 0. The topological polar surface area (TPSA) is 48.1 Å². The number of nitrogens with zero attached hydrogens (tertiary/aromatic N) is 4. The summed E-state index contributed by atoms with van der Waals surface area (Å²) in [6.45, 7) is 4.70. The summed E-state index contributed by atoms with van der Waals surface area (Å²) in [5.74, 6) is 0. The van der Waals surface area contributed by atoms with E-state index in [4.69, 9.17) is 0 Å². The van der Waals surface area contributed by atoms with E-state index in [0.29, 0.717) is 6.04 Å². The summed E-state index contributed by atoms with van der Waals surface area (Å²) >= 11 is 1.73. The molecule has 5 nitrogen and oxygen atoms in total. The van der Waals surface area contributed by atoms with Gasteiger partial charge in [0.15, 0.2) is 0 Å². The van der Waals surface area contributed by atoms with Gasteiger partial charge in [-0.15, -0.1) is 10.2 Å². The van der Waals surface area contributed by atoms with Crippen molar-refractivity contribution < 1.29 is 0 Å². The SMILES string of the molecule is c1cc2cc(-c3nnc(N4CCN5CCC4CC5)s3)ccc2[nH]1. The molecule has 2 aromatic heterocycles. The zero-order valence-electron chi connectivity index (χ0n) is 12.9. The van der Waals surface area contributed by atoms with E-state index >= 15 is 0 Å². The smallest absolute Gasteiger partial charge is 0.208 e. The fraction of sp³-hybridized carbons (Fsp3) is 0.412. The number of rotatable bonds is 2. The van der Waals surface area contributed by atoms with Crippen LogP contribution in [0.5, 0.6) is 0 Å². The van der Waals surface area contributed by atoms with Crippen LogP contribution >= 0.6 is 11.3 Å². The van der Waals surface area contributed by atoms with Gasteiger partial charge in [0.25, 0.3) is 0 Å². The molecule has 1 N–H and O–H groups in total. The maximum atomic E-state index is 4.51. The molecule has 3 aliphatic heterocycles. The molecule has 0 unspecified atom stereocenters. The normalized spacial score (nSPS) is 24.3. The summed E-state index contributed by atoms with van der Waals surface area (Å²) in [5.41, 5.74) is 2.32. The predicted octanol–water partition coefficient (Wildman–Crippen LogP) is 2.97. The number of hydrogen-bond acceptors (Lipinski definition) is 5. The van der Waals surface area contributed by atoms with E-state index in [1.165, 1.54) is 31.3 Å². The Balaban J connectivity index is 1.47. The first kappa shape index (κ1) is 13.5. The first-order valence-electron chi connectivity index (χ1n) is 8.27. The van der Waals surface area contributed by atoms with E-state index in [-0.39, 0.29) is 0 Å². The van der Waals surface area contributed by atoms with Crippen LogP contribution in [0.15, 0.2) is 30.5 Å². The van der Waals surface area contributed by atoms with Crippen molar-refractivity contribution in [3.8, 4) is 10.6 Å². The predicted molar refractivity (Wildman–Crippen MR) is 94.0 cm³/mol. The van der Waals surface area contributed by atoms with Crippen LogP contribution in [0.3, 0.4) is 0 Å². The quantitative estimate of drug-likeness (QED) is 0.787. The summed E-state index contributed by atoms with van der Waals surface area (Å²) in [6, 6.07) is 9.18. The number of nitrogens with one attached hydrogen (secondary N) is 1. The summed E-state index contributed by atoms with van der Waals surface area (Å²) < 4.78 is 0. The van der Waals surface area contributed by atoms with Gasteiger partial charge in [0.05, 0.1) is 0 Å². The Labute approximate surface area is 138 Å². The van der Waals surface area contributed by atoms with Gasteiger partial charge in [-0.05, 0) is 37.1 Å². The minimum Gasteiger partial charge on any atom is -0.361 e. The first-order chi connectivity index (χ1) is 11.4. The Kier molecular flexibility index (Phi) is 3.12. The van der Waals surface area contributed by atoms with Crippen molar-refractivity contribution in [1.82, 2.24) is 20.1 Å². The molecule has 0 amide bonds. The van der Waals surface area contributed by atoms with Gasteiger partial charge in [0, 0.05) is 54.9 Å². The molecule has 0 radical (unpaired) electrons. The lowest BCUT2D eigenvalue weighted by Crippen LogP contribution is -2.37. The standard InChI is InChI=1S/C17H19N5S/c1-2-15-12(3-6-18-15)11-13(1)16-19-20-17(23-16)22-10-9-21-7-4-14(22)5-8-21/h1-3,6,11,14,18H,4-5,7-10H2. The van der Waals surface area contributed by atoms with Crippen molar-refractivity contribution in [3.63, 3.8) is 0 Å². The van der Waals surface area contributed by atoms with E-state index in [9.17, 15) is 0 Å². The molecule has 0 saturated carbocycles. The van der Waals surface area contributed by atoms with Gasteiger partial charge in [-0.1, -0.05) is 11.3 Å². The van der Waals surface area contributed by atoms with Crippen LogP contribution in [-0.2, 0) is 0 Å². The third-order valence-corrected chi connectivity index (χ3v) is 6.12. The monoisotopic (exact) mass is 325 g/mol. The van der Waals surface area contributed by atoms with Crippen molar-refractivity contribution in [1.29, 1.82) is 0 Å². The molecule has 0 atom stereocenters. The minimum absolute atomic E-state index is 0.640. The summed E-state index contributed by atoms with van der Waals surface area (Å²) in [5, 5.41) is 12.3. The number of benzene rings is 1. The molecule has 3 fully saturated rings. The summed E-state index contributed by atoms with van der Waals surface area (Å²) in [6.07, 6.45) is 4.48. The Morgan fingerprint density at radius 1 is 1.04 bits per heavy atom. The molecule has 0 spiro atoms. The lowest BCUT2D eigenvalue weighted by molar-refractivity contribution is 0.250. The largest absolute Gasteiger partial charge is 0.361 e. The second kappa shape index (κ2) is 5.32. The zero-order chi connectivity index (χ0) is 15.2. The van der Waals surface area contributed by atoms with E-state index in [1.54, 1.807) is 11.3 Å². The van der Waals surface area contributed by atoms with E-state index < -0.39 is 0 Å². The van der Waals surface area contributed by atoms with Crippen LogP contribution in [0.4, 0.5) is 5.13 Å². The Morgan fingerprint density at radius 2 is 1.96 bits per heavy atom.